The summed E-state index contributed by atoms with van der Waals surface area (Å²) in [6.45, 7) is 0. The Morgan fingerprint density at radius 1 is 1.11 bits per heavy atom. The van der Waals surface area contributed by atoms with Gasteiger partial charge in [0, 0.05) is 24.0 Å². The van der Waals surface area contributed by atoms with E-state index in [0.717, 1.165) is 15.5 Å². The second-order valence-electron chi connectivity index (χ2n) is 5.68. The normalized spacial score (nSPS) is 10.9. The van der Waals surface area contributed by atoms with Gasteiger partial charge in [0.25, 0.3) is 5.91 Å². The first-order valence-corrected chi connectivity index (χ1v) is 9.42. The van der Waals surface area contributed by atoms with Crippen LogP contribution in [0.1, 0.15) is 10.4 Å². The van der Waals surface area contributed by atoms with E-state index in [9.17, 15) is 4.79 Å². The molecule has 4 rings (SSSR count). The number of nitrogens with one attached hydrogen (secondary N) is 1. The molecular formula is C19H11BrCl2N4O. The lowest BCUT2D eigenvalue weighted by Crippen LogP contribution is -2.13. The summed E-state index contributed by atoms with van der Waals surface area (Å²) in [5, 5.41) is 4.29. The average Bonchev–Trinajstić information content (AvgIpc) is 3.15. The number of nitrogens with zero attached hydrogens (tertiary/aromatic N) is 3. The lowest BCUT2D eigenvalue weighted by atomic mass is 10.1. The maximum atomic E-state index is 12.7. The molecule has 2 aromatic heterocycles. The summed E-state index contributed by atoms with van der Waals surface area (Å²) in [7, 11) is 0. The Labute approximate surface area is 173 Å². The topological polar surface area (TPSA) is 59.8 Å². The highest BCUT2D eigenvalue weighted by molar-refractivity contribution is 9.10. The molecule has 0 atom stereocenters. The molecule has 1 N–H and O–H groups in total. The summed E-state index contributed by atoms with van der Waals surface area (Å²) in [6.07, 6.45) is 6.93. The highest BCUT2D eigenvalue weighted by atomic mass is 79.9. The van der Waals surface area contributed by atoms with Gasteiger partial charge in [-0.2, -0.15) is 0 Å². The number of aromatic nitrogens is 3. The Hall–Kier alpha value is -2.41. The number of benzene rings is 2. The third kappa shape index (κ3) is 3.32. The molecule has 134 valence electrons. The Kier molecular flexibility index (Phi) is 4.86. The SMILES string of the molecule is O=C(Nc1cccc2c(-n3ccnc3)c(Br)cnc12)c1c(Cl)cccc1Cl. The number of rotatable bonds is 3. The van der Waals surface area contributed by atoms with Crippen LogP contribution < -0.4 is 5.32 Å². The molecular weight excluding hydrogens is 451 g/mol. The van der Waals surface area contributed by atoms with Crippen molar-refractivity contribution in [3.63, 3.8) is 0 Å². The van der Waals surface area contributed by atoms with E-state index < -0.39 is 5.91 Å². The van der Waals surface area contributed by atoms with Gasteiger partial charge in [-0.1, -0.05) is 41.4 Å². The summed E-state index contributed by atoms with van der Waals surface area (Å²) >= 11 is 15.8. The molecule has 27 heavy (non-hydrogen) atoms. The summed E-state index contributed by atoms with van der Waals surface area (Å²) in [5.41, 5.74) is 2.30. The number of carbonyl (C=O) groups excluding carboxylic acids is 1. The second kappa shape index (κ2) is 7.31. The third-order valence-electron chi connectivity index (χ3n) is 4.02. The fourth-order valence-corrected chi connectivity index (χ4v) is 3.93. The monoisotopic (exact) mass is 460 g/mol. The zero-order chi connectivity index (χ0) is 19.0. The van der Waals surface area contributed by atoms with Crippen LogP contribution in [-0.4, -0.2) is 20.4 Å². The molecule has 0 saturated carbocycles. The van der Waals surface area contributed by atoms with Gasteiger partial charge >= 0.3 is 0 Å². The lowest BCUT2D eigenvalue weighted by Gasteiger charge is -2.13. The Morgan fingerprint density at radius 3 is 2.56 bits per heavy atom. The van der Waals surface area contributed by atoms with Crippen LogP contribution in [0.5, 0.6) is 0 Å². The van der Waals surface area contributed by atoms with Crippen molar-refractivity contribution in [3.05, 3.63) is 81.4 Å². The number of anilines is 1. The molecule has 1 amide bonds. The number of imidazole rings is 1. The summed E-state index contributed by atoms with van der Waals surface area (Å²) in [5.74, 6) is -0.396. The Balaban J connectivity index is 1.82. The van der Waals surface area contributed by atoms with Crippen molar-refractivity contribution in [2.24, 2.45) is 0 Å². The number of hydrogen-bond donors (Lipinski definition) is 1. The minimum atomic E-state index is -0.396. The first-order valence-electron chi connectivity index (χ1n) is 7.87. The van der Waals surface area contributed by atoms with Crippen molar-refractivity contribution < 1.29 is 4.79 Å². The van der Waals surface area contributed by atoms with Crippen LogP contribution in [0.25, 0.3) is 16.6 Å². The molecule has 0 radical (unpaired) electrons. The van der Waals surface area contributed by atoms with Gasteiger partial charge < -0.3 is 9.88 Å². The van der Waals surface area contributed by atoms with Crippen molar-refractivity contribution in [1.29, 1.82) is 0 Å². The highest BCUT2D eigenvalue weighted by Crippen LogP contribution is 2.33. The fraction of sp³-hybridized carbons (Fsp3) is 0. The van der Waals surface area contributed by atoms with E-state index in [-0.39, 0.29) is 15.6 Å². The van der Waals surface area contributed by atoms with Gasteiger partial charge in [-0.25, -0.2) is 4.98 Å². The smallest absolute Gasteiger partial charge is 0.258 e. The molecule has 2 heterocycles. The van der Waals surface area contributed by atoms with Crippen molar-refractivity contribution in [3.8, 4) is 5.69 Å². The molecule has 0 unspecified atom stereocenters. The van der Waals surface area contributed by atoms with Gasteiger partial charge in [0.05, 0.1) is 43.3 Å². The predicted octanol–water partition coefficient (Wildman–Crippen LogP) is 5.74. The van der Waals surface area contributed by atoms with Crippen LogP contribution in [0, 0.1) is 0 Å². The standard InChI is InChI=1S/C19H11BrCl2N4O/c20-12-9-24-17-11(18(12)26-8-7-23-10-26)3-1-6-15(17)25-19(27)16-13(21)4-2-5-14(16)22/h1-10H,(H,25,27). The summed E-state index contributed by atoms with van der Waals surface area (Å²) in [6, 6.07) is 10.5. The van der Waals surface area contributed by atoms with E-state index >= 15 is 0 Å². The maximum Gasteiger partial charge on any atom is 0.258 e. The van der Waals surface area contributed by atoms with Gasteiger partial charge in [-0.05, 0) is 34.1 Å². The van der Waals surface area contributed by atoms with Crippen LogP contribution in [-0.2, 0) is 0 Å². The van der Waals surface area contributed by atoms with Crippen LogP contribution >= 0.6 is 39.1 Å². The zero-order valence-electron chi connectivity index (χ0n) is 13.7. The largest absolute Gasteiger partial charge is 0.320 e. The first kappa shape index (κ1) is 18.0. The van der Waals surface area contributed by atoms with E-state index in [4.69, 9.17) is 23.2 Å². The van der Waals surface area contributed by atoms with E-state index in [1.807, 2.05) is 22.9 Å². The molecule has 8 heteroatoms. The van der Waals surface area contributed by atoms with Gasteiger partial charge in [0.15, 0.2) is 0 Å². The van der Waals surface area contributed by atoms with E-state index in [1.54, 1.807) is 43.0 Å². The number of halogens is 3. The lowest BCUT2D eigenvalue weighted by molar-refractivity contribution is 0.102. The molecule has 2 aromatic carbocycles. The first-order chi connectivity index (χ1) is 13.1. The van der Waals surface area contributed by atoms with Crippen LogP contribution in [0.2, 0.25) is 10.0 Å². The third-order valence-corrected chi connectivity index (χ3v) is 5.24. The van der Waals surface area contributed by atoms with Crippen LogP contribution in [0.15, 0.2) is 65.8 Å². The Bertz CT molecular complexity index is 1140. The quantitative estimate of drug-likeness (QED) is 0.423. The van der Waals surface area contributed by atoms with Crippen LogP contribution in [0.4, 0.5) is 5.69 Å². The minimum Gasteiger partial charge on any atom is -0.320 e. The molecule has 0 aliphatic rings. The van der Waals surface area contributed by atoms with Crippen molar-refractivity contribution in [2.75, 3.05) is 5.32 Å². The van der Waals surface area contributed by atoms with Crippen LogP contribution in [0.3, 0.4) is 0 Å². The summed E-state index contributed by atoms with van der Waals surface area (Å²) < 4.78 is 2.69. The maximum absolute atomic E-state index is 12.7. The summed E-state index contributed by atoms with van der Waals surface area (Å²) in [4.78, 5) is 21.3. The predicted molar refractivity (Wildman–Crippen MR) is 111 cm³/mol. The van der Waals surface area contributed by atoms with Gasteiger partial charge in [0.2, 0.25) is 0 Å². The average molecular weight is 462 g/mol. The molecule has 0 bridgehead atoms. The molecule has 5 nitrogen and oxygen atoms in total. The number of para-hydroxylation sites is 1. The number of hydrogen-bond acceptors (Lipinski definition) is 3. The van der Waals surface area contributed by atoms with E-state index in [1.165, 1.54) is 0 Å². The molecule has 0 fully saturated rings. The van der Waals surface area contributed by atoms with Crippen molar-refractivity contribution in [2.45, 2.75) is 0 Å². The fourth-order valence-electron chi connectivity index (χ4n) is 2.84. The number of amides is 1. The van der Waals surface area contributed by atoms with Crippen molar-refractivity contribution in [1.82, 2.24) is 14.5 Å². The molecule has 0 aliphatic carbocycles. The number of carbonyl (C=O) groups is 1. The molecule has 0 saturated heterocycles. The number of pyridine rings is 1. The van der Waals surface area contributed by atoms with Gasteiger partial charge in [0.1, 0.15) is 0 Å². The molecule has 0 aliphatic heterocycles. The van der Waals surface area contributed by atoms with Gasteiger partial charge in [-0.15, -0.1) is 0 Å². The van der Waals surface area contributed by atoms with Crippen molar-refractivity contribution >= 4 is 61.6 Å². The Morgan fingerprint density at radius 2 is 1.85 bits per heavy atom. The number of fused-ring (bicyclic) bond motifs is 1. The minimum absolute atomic E-state index is 0.227. The zero-order valence-corrected chi connectivity index (χ0v) is 16.8. The van der Waals surface area contributed by atoms with Gasteiger partial charge in [-0.3, -0.25) is 9.78 Å². The van der Waals surface area contributed by atoms with E-state index in [2.05, 4.69) is 31.2 Å². The highest BCUT2D eigenvalue weighted by Gasteiger charge is 2.17. The molecule has 0 spiro atoms. The molecule has 4 aromatic rings. The second-order valence-corrected chi connectivity index (χ2v) is 7.35. The van der Waals surface area contributed by atoms with E-state index in [0.29, 0.717) is 11.2 Å².